The van der Waals surface area contributed by atoms with Crippen molar-refractivity contribution in [2.24, 2.45) is 0 Å². The molecule has 0 aliphatic carbocycles. The lowest BCUT2D eigenvalue weighted by atomic mass is 10.3. The predicted octanol–water partition coefficient (Wildman–Crippen LogP) is 0.870. The van der Waals surface area contributed by atoms with Crippen molar-refractivity contribution >= 4 is 6.09 Å². The van der Waals surface area contributed by atoms with Crippen LogP contribution in [0, 0.1) is 0 Å². The molecule has 0 radical (unpaired) electrons. The highest BCUT2D eigenvalue weighted by Crippen LogP contribution is 1.97. The van der Waals surface area contributed by atoms with Crippen molar-refractivity contribution in [3.63, 3.8) is 0 Å². The number of rotatable bonds is 8. The molecule has 0 saturated heterocycles. The summed E-state index contributed by atoms with van der Waals surface area (Å²) in [6.07, 6.45) is 0.972. The molecule has 0 rings (SSSR count). The molecule has 0 spiro atoms. The Kier molecular flexibility index (Phi) is 7.93. The van der Waals surface area contributed by atoms with Gasteiger partial charge in [0.25, 0.3) is 0 Å². The molecular weight excluding hydrogens is 206 g/mol. The summed E-state index contributed by atoms with van der Waals surface area (Å²) in [5.41, 5.74) is 0. The van der Waals surface area contributed by atoms with Gasteiger partial charge < -0.3 is 19.8 Å². The Bertz CT molecular complexity index is 182. The molecule has 0 fully saturated rings. The third-order valence-electron chi connectivity index (χ3n) is 2.34. The fourth-order valence-electron chi connectivity index (χ4n) is 1.46. The second kappa shape index (κ2) is 8.35. The lowest BCUT2D eigenvalue weighted by Crippen LogP contribution is -2.34. The Balaban J connectivity index is 3.76. The van der Waals surface area contributed by atoms with Gasteiger partial charge in [0.2, 0.25) is 0 Å². The molecule has 0 aliphatic rings. The number of carboxylic acid groups (broad SMARTS) is 1. The summed E-state index contributed by atoms with van der Waals surface area (Å²) in [6.45, 7) is 3.11. The minimum Gasteiger partial charge on any atom is -0.465 e. The molecule has 96 valence electrons. The first-order chi connectivity index (χ1) is 7.43. The van der Waals surface area contributed by atoms with Crippen LogP contribution in [0.1, 0.15) is 12.8 Å². The van der Waals surface area contributed by atoms with Gasteiger partial charge in [0.05, 0.1) is 0 Å². The molecule has 0 aromatic heterocycles. The number of amides is 1. The lowest BCUT2D eigenvalue weighted by Gasteiger charge is -2.21. The highest BCUT2D eigenvalue weighted by molar-refractivity contribution is 5.64. The SMILES string of the molecule is CN(C)CCCN(CCCN(C)C)C(=O)O. The molecule has 0 aromatic carbocycles. The molecule has 0 aliphatic heterocycles. The molecule has 0 saturated carbocycles. The van der Waals surface area contributed by atoms with Crippen molar-refractivity contribution in [2.75, 3.05) is 54.4 Å². The van der Waals surface area contributed by atoms with E-state index in [1.54, 1.807) is 0 Å². The summed E-state index contributed by atoms with van der Waals surface area (Å²) < 4.78 is 0. The quantitative estimate of drug-likeness (QED) is 0.673. The van der Waals surface area contributed by atoms with Crippen molar-refractivity contribution in [1.82, 2.24) is 14.7 Å². The van der Waals surface area contributed by atoms with Crippen molar-refractivity contribution in [3.05, 3.63) is 0 Å². The fraction of sp³-hybridized carbons (Fsp3) is 0.909. The fourth-order valence-corrected chi connectivity index (χ4v) is 1.46. The van der Waals surface area contributed by atoms with Crippen molar-refractivity contribution < 1.29 is 9.90 Å². The Morgan fingerprint density at radius 1 is 0.875 bits per heavy atom. The largest absolute Gasteiger partial charge is 0.465 e. The van der Waals surface area contributed by atoms with Crippen LogP contribution < -0.4 is 0 Å². The summed E-state index contributed by atoms with van der Waals surface area (Å²) in [7, 11) is 7.99. The molecule has 0 unspecified atom stereocenters. The van der Waals surface area contributed by atoms with E-state index in [-0.39, 0.29) is 0 Å². The van der Waals surface area contributed by atoms with E-state index >= 15 is 0 Å². The van der Waals surface area contributed by atoms with Crippen LogP contribution in [-0.4, -0.2) is 80.3 Å². The minimum atomic E-state index is -0.808. The minimum absolute atomic E-state index is 0.626. The van der Waals surface area contributed by atoms with Gasteiger partial charge in [0.1, 0.15) is 0 Å². The average Bonchev–Trinajstić information content (AvgIpc) is 2.14. The van der Waals surface area contributed by atoms with Crippen molar-refractivity contribution in [1.29, 1.82) is 0 Å². The van der Waals surface area contributed by atoms with Crippen LogP contribution in [0.4, 0.5) is 4.79 Å². The number of hydrogen-bond donors (Lipinski definition) is 1. The van der Waals surface area contributed by atoms with Gasteiger partial charge in [-0.2, -0.15) is 0 Å². The van der Waals surface area contributed by atoms with Crippen LogP contribution in [0.15, 0.2) is 0 Å². The van der Waals surface area contributed by atoms with E-state index < -0.39 is 6.09 Å². The second-order valence-electron chi connectivity index (χ2n) is 4.58. The summed E-state index contributed by atoms with van der Waals surface area (Å²) in [4.78, 5) is 16.6. The predicted molar refractivity (Wildman–Crippen MR) is 65.9 cm³/mol. The maximum absolute atomic E-state index is 10.9. The van der Waals surface area contributed by atoms with E-state index in [4.69, 9.17) is 5.11 Å². The lowest BCUT2D eigenvalue weighted by molar-refractivity contribution is 0.141. The molecule has 5 heteroatoms. The van der Waals surface area contributed by atoms with Crippen LogP contribution in [-0.2, 0) is 0 Å². The zero-order valence-corrected chi connectivity index (χ0v) is 10.9. The van der Waals surface area contributed by atoms with Crippen LogP contribution in [0.2, 0.25) is 0 Å². The standard InChI is InChI=1S/C11H25N3O2/c1-12(2)7-5-9-14(11(15)16)10-6-8-13(3)4/h5-10H2,1-4H3,(H,15,16). The average molecular weight is 231 g/mol. The number of hydrogen-bond acceptors (Lipinski definition) is 3. The zero-order chi connectivity index (χ0) is 12.6. The van der Waals surface area contributed by atoms with Crippen molar-refractivity contribution in [2.45, 2.75) is 12.8 Å². The van der Waals surface area contributed by atoms with Gasteiger partial charge in [-0.25, -0.2) is 4.79 Å². The Morgan fingerprint density at radius 2 is 1.25 bits per heavy atom. The van der Waals surface area contributed by atoms with Gasteiger partial charge in [-0.3, -0.25) is 0 Å². The van der Waals surface area contributed by atoms with Crippen LogP contribution >= 0.6 is 0 Å². The van der Waals surface area contributed by atoms with E-state index in [9.17, 15) is 4.79 Å². The highest BCUT2D eigenvalue weighted by Gasteiger charge is 2.10. The third-order valence-corrected chi connectivity index (χ3v) is 2.34. The molecule has 0 atom stereocenters. The van der Waals surface area contributed by atoms with Gasteiger partial charge in [0.15, 0.2) is 0 Å². The summed E-state index contributed by atoms with van der Waals surface area (Å²) in [5, 5.41) is 9.00. The third kappa shape index (κ3) is 8.49. The molecule has 1 amide bonds. The van der Waals surface area contributed by atoms with Gasteiger partial charge in [0, 0.05) is 13.1 Å². The first-order valence-corrected chi connectivity index (χ1v) is 5.71. The van der Waals surface area contributed by atoms with Gasteiger partial charge in [-0.05, 0) is 54.1 Å². The van der Waals surface area contributed by atoms with E-state index in [0.717, 1.165) is 25.9 Å². The monoisotopic (exact) mass is 231 g/mol. The molecule has 5 nitrogen and oxygen atoms in total. The van der Waals surface area contributed by atoms with Crippen LogP contribution in [0.25, 0.3) is 0 Å². The van der Waals surface area contributed by atoms with E-state index in [2.05, 4.69) is 9.80 Å². The molecule has 1 N–H and O–H groups in total. The molecular formula is C11H25N3O2. The molecule has 0 heterocycles. The maximum atomic E-state index is 10.9. The summed E-state index contributed by atoms with van der Waals surface area (Å²) >= 11 is 0. The number of nitrogens with zero attached hydrogens (tertiary/aromatic N) is 3. The molecule has 16 heavy (non-hydrogen) atoms. The van der Waals surface area contributed by atoms with E-state index in [1.807, 2.05) is 28.2 Å². The van der Waals surface area contributed by atoms with Gasteiger partial charge >= 0.3 is 6.09 Å². The normalized spacial score (nSPS) is 11.1. The van der Waals surface area contributed by atoms with Crippen LogP contribution in [0.3, 0.4) is 0 Å². The van der Waals surface area contributed by atoms with Crippen molar-refractivity contribution in [3.8, 4) is 0 Å². The van der Waals surface area contributed by atoms with Crippen LogP contribution in [0.5, 0.6) is 0 Å². The van der Waals surface area contributed by atoms with E-state index in [1.165, 1.54) is 4.90 Å². The topological polar surface area (TPSA) is 47.0 Å². The second-order valence-corrected chi connectivity index (χ2v) is 4.58. The maximum Gasteiger partial charge on any atom is 0.407 e. The Labute approximate surface area is 98.6 Å². The molecule has 0 bridgehead atoms. The Morgan fingerprint density at radius 3 is 1.50 bits per heavy atom. The smallest absolute Gasteiger partial charge is 0.407 e. The first kappa shape index (κ1) is 15.2. The van der Waals surface area contributed by atoms with Gasteiger partial charge in [-0.15, -0.1) is 0 Å². The zero-order valence-electron chi connectivity index (χ0n) is 10.9. The first-order valence-electron chi connectivity index (χ1n) is 5.71. The van der Waals surface area contributed by atoms with Gasteiger partial charge in [-0.1, -0.05) is 0 Å². The highest BCUT2D eigenvalue weighted by atomic mass is 16.4. The summed E-state index contributed by atoms with van der Waals surface area (Å²) in [5.74, 6) is 0. The van der Waals surface area contributed by atoms with E-state index in [0.29, 0.717) is 13.1 Å². The summed E-state index contributed by atoms with van der Waals surface area (Å²) in [6, 6.07) is 0. The molecule has 0 aromatic rings. The number of carbonyl (C=O) groups is 1. The Hall–Kier alpha value is -0.810.